The normalized spacial score (nSPS) is 11.9. The molecule has 7 aromatic carbocycles. The van der Waals surface area contributed by atoms with Gasteiger partial charge in [-0.1, -0.05) is 103 Å². The Hall–Kier alpha value is -7.05. The molecule has 0 aliphatic carbocycles. The summed E-state index contributed by atoms with van der Waals surface area (Å²) in [5.41, 5.74) is 9.29. The Labute approximate surface area is 290 Å². The molecule has 0 aliphatic heterocycles. The molecule has 0 radical (unpaired) electrons. The summed E-state index contributed by atoms with van der Waals surface area (Å²) < 4.78 is 19.4. The molecule has 51 heavy (non-hydrogen) atoms. The molecule has 4 heterocycles. The van der Waals surface area contributed by atoms with Crippen molar-refractivity contribution in [1.82, 2.24) is 15.0 Å². The standard InChI is InChI=1S/C45H25N3O3/c1-2-11-26(12-3-1)43-46-44(48-45(47-43)35-17-10-16-32-30-14-5-8-19-37(30)50-41(32)35)34-24-23-28(42-40(34)33-15-6-9-20-38(33)51-42)27-21-22-31-29-13-4-7-18-36(29)49-39(31)25-27/h1-25H. The van der Waals surface area contributed by atoms with Crippen LogP contribution >= 0.6 is 0 Å². The van der Waals surface area contributed by atoms with Gasteiger partial charge in [-0.15, -0.1) is 0 Å². The Kier molecular flexibility index (Phi) is 5.86. The van der Waals surface area contributed by atoms with Crippen molar-refractivity contribution in [2.45, 2.75) is 0 Å². The first-order valence-corrected chi connectivity index (χ1v) is 16.9. The van der Waals surface area contributed by atoms with Crippen molar-refractivity contribution in [2.24, 2.45) is 0 Å². The monoisotopic (exact) mass is 655 g/mol. The highest BCUT2D eigenvalue weighted by molar-refractivity contribution is 6.16. The molecule has 0 atom stereocenters. The van der Waals surface area contributed by atoms with E-state index in [1.165, 1.54) is 0 Å². The van der Waals surface area contributed by atoms with Crippen LogP contribution in [0.25, 0.3) is 111 Å². The summed E-state index contributed by atoms with van der Waals surface area (Å²) in [5.74, 6) is 1.65. The molecule has 0 fully saturated rings. The van der Waals surface area contributed by atoms with E-state index in [-0.39, 0.29) is 0 Å². The number of aromatic nitrogens is 3. The predicted octanol–water partition coefficient (Wildman–Crippen LogP) is 12.2. The van der Waals surface area contributed by atoms with Crippen molar-refractivity contribution < 1.29 is 13.3 Å². The molecule has 0 bridgehead atoms. The summed E-state index contributed by atoms with van der Waals surface area (Å²) in [6, 6.07) is 51.0. The summed E-state index contributed by atoms with van der Waals surface area (Å²) in [5, 5.41) is 6.16. The minimum absolute atomic E-state index is 0.531. The number of hydrogen-bond donors (Lipinski definition) is 0. The van der Waals surface area contributed by atoms with E-state index in [0.717, 1.165) is 93.6 Å². The van der Waals surface area contributed by atoms with Gasteiger partial charge >= 0.3 is 0 Å². The van der Waals surface area contributed by atoms with Gasteiger partial charge in [-0.25, -0.2) is 15.0 Å². The molecule has 0 saturated carbocycles. The second-order valence-electron chi connectivity index (χ2n) is 12.7. The average molecular weight is 656 g/mol. The second kappa shape index (κ2) is 10.7. The molecular weight excluding hydrogens is 631 g/mol. The Morgan fingerprint density at radius 3 is 1.69 bits per heavy atom. The lowest BCUT2D eigenvalue weighted by Crippen LogP contribution is -2.00. The van der Waals surface area contributed by atoms with Gasteiger partial charge in [-0.2, -0.15) is 0 Å². The van der Waals surface area contributed by atoms with Gasteiger partial charge in [0, 0.05) is 49.0 Å². The quantitative estimate of drug-likeness (QED) is 0.188. The van der Waals surface area contributed by atoms with Crippen molar-refractivity contribution in [3.8, 4) is 45.3 Å². The molecule has 0 saturated heterocycles. The summed E-state index contributed by atoms with van der Waals surface area (Å²) in [6.45, 7) is 0. The van der Waals surface area contributed by atoms with E-state index < -0.39 is 0 Å². The number of rotatable bonds is 4. The Morgan fingerprint density at radius 2 is 0.882 bits per heavy atom. The van der Waals surface area contributed by atoms with Gasteiger partial charge in [-0.3, -0.25) is 0 Å². The number of benzene rings is 7. The van der Waals surface area contributed by atoms with E-state index >= 15 is 0 Å². The highest BCUT2D eigenvalue weighted by Crippen LogP contribution is 2.43. The number of hydrogen-bond acceptors (Lipinski definition) is 6. The van der Waals surface area contributed by atoms with Crippen LogP contribution in [0.3, 0.4) is 0 Å². The maximum atomic E-state index is 6.68. The summed E-state index contributed by atoms with van der Waals surface area (Å²) >= 11 is 0. The van der Waals surface area contributed by atoms with E-state index in [2.05, 4.69) is 54.6 Å². The fraction of sp³-hybridized carbons (Fsp3) is 0. The van der Waals surface area contributed by atoms with Crippen LogP contribution in [0, 0.1) is 0 Å². The van der Waals surface area contributed by atoms with Gasteiger partial charge in [0.1, 0.15) is 33.5 Å². The zero-order valence-electron chi connectivity index (χ0n) is 27.0. The van der Waals surface area contributed by atoms with Crippen LogP contribution in [0.5, 0.6) is 0 Å². The topological polar surface area (TPSA) is 78.1 Å². The molecule has 6 heteroatoms. The maximum absolute atomic E-state index is 6.68. The van der Waals surface area contributed by atoms with E-state index in [0.29, 0.717) is 17.5 Å². The molecule has 0 aliphatic rings. The van der Waals surface area contributed by atoms with Crippen LogP contribution in [0.4, 0.5) is 0 Å². The van der Waals surface area contributed by atoms with Gasteiger partial charge in [0.25, 0.3) is 0 Å². The average Bonchev–Trinajstić information content (AvgIpc) is 3.89. The first-order valence-electron chi connectivity index (χ1n) is 16.9. The van der Waals surface area contributed by atoms with Crippen LogP contribution in [-0.4, -0.2) is 15.0 Å². The highest BCUT2D eigenvalue weighted by atomic mass is 16.3. The maximum Gasteiger partial charge on any atom is 0.167 e. The summed E-state index contributed by atoms with van der Waals surface area (Å²) in [4.78, 5) is 15.3. The Morgan fingerprint density at radius 1 is 0.314 bits per heavy atom. The van der Waals surface area contributed by atoms with Gasteiger partial charge in [0.05, 0.1) is 5.56 Å². The fourth-order valence-electron chi connectivity index (χ4n) is 7.39. The van der Waals surface area contributed by atoms with Crippen molar-refractivity contribution in [3.05, 3.63) is 152 Å². The van der Waals surface area contributed by atoms with Crippen LogP contribution in [-0.2, 0) is 0 Å². The summed E-state index contributed by atoms with van der Waals surface area (Å²) in [6.07, 6.45) is 0. The lowest BCUT2D eigenvalue weighted by molar-refractivity contribution is 0.668. The van der Waals surface area contributed by atoms with Gasteiger partial charge in [0.15, 0.2) is 17.5 Å². The van der Waals surface area contributed by atoms with Gasteiger partial charge < -0.3 is 13.3 Å². The lowest BCUT2D eigenvalue weighted by Gasteiger charge is -2.11. The third kappa shape index (κ3) is 4.26. The number of furan rings is 3. The molecule has 0 amide bonds. The minimum atomic E-state index is 0.531. The smallest absolute Gasteiger partial charge is 0.167 e. The number of fused-ring (bicyclic) bond motifs is 9. The van der Waals surface area contributed by atoms with Crippen molar-refractivity contribution in [2.75, 3.05) is 0 Å². The fourth-order valence-corrected chi connectivity index (χ4v) is 7.39. The van der Waals surface area contributed by atoms with Gasteiger partial charge in [0.2, 0.25) is 0 Å². The Balaban J connectivity index is 1.17. The van der Waals surface area contributed by atoms with Crippen molar-refractivity contribution in [1.29, 1.82) is 0 Å². The largest absolute Gasteiger partial charge is 0.456 e. The van der Waals surface area contributed by atoms with Crippen LogP contribution < -0.4 is 0 Å². The zero-order chi connectivity index (χ0) is 33.5. The summed E-state index contributed by atoms with van der Waals surface area (Å²) in [7, 11) is 0. The molecule has 4 aromatic heterocycles. The van der Waals surface area contributed by atoms with Crippen molar-refractivity contribution in [3.63, 3.8) is 0 Å². The van der Waals surface area contributed by atoms with E-state index in [4.69, 9.17) is 28.2 Å². The predicted molar refractivity (Wildman–Crippen MR) is 203 cm³/mol. The van der Waals surface area contributed by atoms with Crippen LogP contribution in [0.2, 0.25) is 0 Å². The number of para-hydroxylation sites is 4. The molecule has 11 aromatic rings. The van der Waals surface area contributed by atoms with Crippen LogP contribution in [0.1, 0.15) is 0 Å². The molecule has 0 N–H and O–H groups in total. The van der Waals surface area contributed by atoms with E-state index in [1.807, 2.05) is 97.1 Å². The minimum Gasteiger partial charge on any atom is -0.456 e. The first kappa shape index (κ1) is 27.9. The third-order valence-electron chi connectivity index (χ3n) is 9.77. The van der Waals surface area contributed by atoms with E-state index in [1.54, 1.807) is 0 Å². The van der Waals surface area contributed by atoms with Crippen molar-refractivity contribution >= 4 is 65.8 Å². The molecule has 238 valence electrons. The Bertz CT molecular complexity index is 3150. The van der Waals surface area contributed by atoms with E-state index in [9.17, 15) is 0 Å². The highest BCUT2D eigenvalue weighted by Gasteiger charge is 2.22. The lowest BCUT2D eigenvalue weighted by atomic mass is 9.97. The van der Waals surface area contributed by atoms with Crippen LogP contribution in [0.15, 0.2) is 165 Å². The molecule has 6 nitrogen and oxygen atoms in total. The molecule has 0 spiro atoms. The zero-order valence-corrected chi connectivity index (χ0v) is 27.0. The third-order valence-corrected chi connectivity index (χ3v) is 9.77. The first-order chi connectivity index (χ1) is 25.3. The molecule has 11 rings (SSSR count). The molecule has 0 unspecified atom stereocenters. The van der Waals surface area contributed by atoms with Gasteiger partial charge in [-0.05, 0) is 54.1 Å². The number of nitrogens with zero attached hydrogens (tertiary/aromatic N) is 3. The SMILES string of the molecule is c1ccc(-c2nc(-c3cccc4c3oc3ccccc34)nc(-c3ccc(-c4ccc5c(c4)oc4ccccc45)c4oc5ccccc5c34)n2)cc1. The second-order valence-corrected chi connectivity index (χ2v) is 12.7. The molecular formula is C45H25N3O3.